The van der Waals surface area contributed by atoms with Crippen LogP contribution >= 0.6 is 0 Å². The Hall–Kier alpha value is -2.38. The maximum absolute atomic E-state index is 13.7. The van der Waals surface area contributed by atoms with Crippen LogP contribution in [0.4, 0.5) is 18.9 Å². The lowest BCUT2D eigenvalue weighted by atomic mass is 10.1. The summed E-state index contributed by atoms with van der Waals surface area (Å²) in [5.74, 6) is -1.60. The molecule has 4 nitrogen and oxygen atoms in total. The molecule has 0 aliphatic carbocycles. The molecule has 1 aliphatic heterocycles. The van der Waals surface area contributed by atoms with Gasteiger partial charge in [0.2, 0.25) is 5.91 Å². The van der Waals surface area contributed by atoms with Gasteiger partial charge < -0.3 is 5.32 Å². The van der Waals surface area contributed by atoms with Crippen molar-refractivity contribution in [2.24, 2.45) is 0 Å². The fourth-order valence-electron chi connectivity index (χ4n) is 2.95. The summed E-state index contributed by atoms with van der Waals surface area (Å²) >= 11 is 0. The van der Waals surface area contributed by atoms with Crippen molar-refractivity contribution in [3.8, 4) is 0 Å². The van der Waals surface area contributed by atoms with Crippen LogP contribution in [-0.4, -0.2) is 48.4 Å². The van der Waals surface area contributed by atoms with Gasteiger partial charge in [-0.3, -0.25) is 14.6 Å². The summed E-state index contributed by atoms with van der Waals surface area (Å²) in [4.78, 5) is 16.0. The van der Waals surface area contributed by atoms with Gasteiger partial charge in [-0.2, -0.15) is 0 Å². The minimum absolute atomic E-state index is 0.0787. The second-order valence-electron chi connectivity index (χ2n) is 6.31. The van der Waals surface area contributed by atoms with Gasteiger partial charge in [0.05, 0.1) is 6.54 Å². The summed E-state index contributed by atoms with van der Waals surface area (Å²) in [6, 6.07) is 9.46. The zero-order chi connectivity index (χ0) is 18.5. The molecule has 0 atom stereocenters. The first-order valence-electron chi connectivity index (χ1n) is 8.44. The zero-order valence-electron chi connectivity index (χ0n) is 14.2. The highest BCUT2D eigenvalue weighted by molar-refractivity contribution is 5.92. The van der Waals surface area contributed by atoms with Crippen molar-refractivity contribution in [2.75, 3.05) is 38.0 Å². The van der Waals surface area contributed by atoms with E-state index in [9.17, 15) is 18.0 Å². The molecule has 0 unspecified atom stereocenters. The predicted octanol–water partition coefficient (Wildman–Crippen LogP) is 2.86. The summed E-state index contributed by atoms with van der Waals surface area (Å²) in [6.07, 6.45) is 0. The molecule has 1 N–H and O–H groups in total. The van der Waals surface area contributed by atoms with Crippen LogP contribution in [0.5, 0.6) is 0 Å². The monoisotopic (exact) mass is 363 g/mol. The summed E-state index contributed by atoms with van der Waals surface area (Å²) in [5, 5.41) is 2.72. The number of rotatable bonds is 5. The number of halogens is 3. The number of nitrogens with one attached hydrogen (secondary N) is 1. The Morgan fingerprint density at radius 2 is 1.46 bits per heavy atom. The maximum Gasteiger partial charge on any atom is 0.238 e. The van der Waals surface area contributed by atoms with E-state index < -0.39 is 11.6 Å². The van der Waals surface area contributed by atoms with Gasteiger partial charge in [-0.25, -0.2) is 13.2 Å². The van der Waals surface area contributed by atoms with Crippen LogP contribution in [0, 0.1) is 17.5 Å². The second-order valence-corrected chi connectivity index (χ2v) is 6.31. The van der Waals surface area contributed by atoms with Crippen molar-refractivity contribution >= 4 is 11.6 Å². The molecule has 2 aromatic carbocycles. The van der Waals surface area contributed by atoms with Crippen LogP contribution in [0.1, 0.15) is 5.56 Å². The third-order valence-electron chi connectivity index (χ3n) is 4.40. The molecular weight excluding hydrogens is 343 g/mol. The van der Waals surface area contributed by atoms with E-state index in [1.807, 2.05) is 9.80 Å². The summed E-state index contributed by atoms with van der Waals surface area (Å²) in [5.41, 5.74) is 0.625. The molecule has 26 heavy (non-hydrogen) atoms. The van der Waals surface area contributed by atoms with E-state index in [0.29, 0.717) is 31.9 Å². The highest BCUT2D eigenvalue weighted by Gasteiger charge is 2.21. The Morgan fingerprint density at radius 3 is 2.08 bits per heavy atom. The van der Waals surface area contributed by atoms with E-state index >= 15 is 0 Å². The fraction of sp³-hybridized carbons (Fsp3) is 0.316. The number of hydrogen-bond acceptors (Lipinski definition) is 3. The van der Waals surface area contributed by atoms with Gasteiger partial charge in [0.15, 0.2) is 0 Å². The Kier molecular flexibility index (Phi) is 5.90. The quantitative estimate of drug-likeness (QED) is 0.887. The van der Waals surface area contributed by atoms with Crippen LogP contribution in [0.15, 0.2) is 42.5 Å². The van der Waals surface area contributed by atoms with Crippen LogP contribution < -0.4 is 5.32 Å². The molecule has 1 heterocycles. The second kappa shape index (κ2) is 8.33. The van der Waals surface area contributed by atoms with E-state index in [2.05, 4.69) is 5.32 Å². The predicted molar refractivity (Wildman–Crippen MR) is 93.1 cm³/mol. The first-order valence-corrected chi connectivity index (χ1v) is 8.44. The molecule has 0 radical (unpaired) electrons. The molecule has 3 rings (SSSR count). The normalized spacial score (nSPS) is 15.8. The van der Waals surface area contributed by atoms with Crippen LogP contribution in [0.25, 0.3) is 0 Å². The minimum Gasteiger partial charge on any atom is -0.325 e. The molecule has 2 aromatic rings. The van der Waals surface area contributed by atoms with Crippen molar-refractivity contribution in [1.29, 1.82) is 0 Å². The van der Waals surface area contributed by atoms with Gasteiger partial charge in [-0.05, 0) is 36.4 Å². The van der Waals surface area contributed by atoms with Crippen LogP contribution in [0.2, 0.25) is 0 Å². The average Bonchev–Trinajstić information content (AvgIpc) is 2.62. The van der Waals surface area contributed by atoms with Gasteiger partial charge in [-0.1, -0.05) is 6.07 Å². The molecule has 7 heteroatoms. The standard InChI is InChI=1S/C19H20F3N3O/c20-14-4-6-15(7-5-14)23-19(26)13-25-10-8-24(9-11-25)12-16-17(21)2-1-3-18(16)22/h1-7H,8-13H2,(H,23,26). The Bertz CT molecular complexity index is 739. The van der Waals surface area contributed by atoms with Crippen molar-refractivity contribution in [2.45, 2.75) is 6.54 Å². The van der Waals surface area contributed by atoms with Gasteiger partial charge in [-0.15, -0.1) is 0 Å². The van der Waals surface area contributed by atoms with Gasteiger partial charge in [0, 0.05) is 44.0 Å². The smallest absolute Gasteiger partial charge is 0.238 e. The molecular formula is C19H20F3N3O. The lowest BCUT2D eigenvalue weighted by molar-refractivity contribution is -0.117. The number of carbonyl (C=O) groups is 1. The largest absolute Gasteiger partial charge is 0.325 e. The number of benzene rings is 2. The highest BCUT2D eigenvalue weighted by Crippen LogP contribution is 2.16. The first kappa shape index (κ1) is 18.4. The molecule has 138 valence electrons. The highest BCUT2D eigenvalue weighted by atomic mass is 19.1. The number of amides is 1. The Morgan fingerprint density at radius 1 is 0.885 bits per heavy atom. The number of piperazine rings is 1. The average molecular weight is 363 g/mol. The van der Waals surface area contributed by atoms with E-state index in [-0.39, 0.29) is 30.4 Å². The van der Waals surface area contributed by atoms with Crippen LogP contribution in [-0.2, 0) is 11.3 Å². The maximum atomic E-state index is 13.7. The van der Waals surface area contributed by atoms with E-state index in [1.54, 1.807) is 0 Å². The topological polar surface area (TPSA) is 35.6 Å². The lowest BCUT2D eigenvalue weighted by Gasteiger charge is -2.34. The molecule has 0 bridgehead atoms. The van der Waals surface area contributed by atoms with Gasteiger partial charge in [0.1, 0.15) is 17.5 Å². The third kappa shape index (κ3) is 4.83. The summed E-state index contributed by atoms with van der Waals surface area (Å²) < 4.78 is 40.3. The molecule has 1 saturated heterocycles. The van der Waals surface area contributed by atoms with E-state index in [1.165, 1.54) is 42.5 Å². The molecule has 1 aliphatic rings. The summed E-state index contributed by atoms with van der Waals surface area (Å²) in [6.45, 7) is 2.95. The molecule has 0 saturated carbocycles. The first-order chi connectivity index (χ1) is 12.5. The lowest BCUT2D eigenvalue weighted by Crippen LogP contribution is -2.48. The minimum atomic E-state index is -0.536. The molecule has 0 spiro atoms. The number of anilines is 1. The van der Waals surface area contributed by atoms with Crippen molar-refractivity contribution < 1.29 is 18.0 Å². The Labute approximate surface area is 150 Å². The number of carbonyl (C=O) groups excluding carboxylic acids is 1. The number of nitrogens with zero attached hydrogens (tertiary/aromatic N) is 2. The fourth-order valence-corrected chi connectivity index (χ4v) is 2.95. The van der Waals surface area contributed by atoms with Crippen molar-refractivity contribution in [3.05, 3.63) is 65.5 Å². The van der Waals surface area contributed by atoms with Gasteiger partial charge >= 0.3 is 0 Å². The van der Waals surface area contributed by atoms with Crippen molar-refractivity contribution in [3.63, 3.8) is 0 Å². The molecule has 1 fully saturated rings. The van der Waals surface area contributed by atoms with Crippen LogP contribution in [0.3, 0.4) is 0 Å². The molecule has 1 amide bonds. The zero-order valence-corrected chi connectivity index (χ0v) is 14.2. The summed E-state index contributed by atoms with van der Waals surface area (Å²) in [7, 11) is 0. The Balaban J connectivity index is 1.46. The van der Waals surface area contributed by atoms with Gasteiger partial charge in [0.25, 0.3) is 0 Å². The van der Waals surface area contributed by atoms with Crippen molar-refractivity contribution in [1.82, 2.24) is 9.80 Å². The molecule has 0 aromatic heterocycles. The van der Waals surface area contributed by atoms with E-state index in [0.717, 1.165) is 0 Å². The SMILES string of the molecule is O=C(CN1CCN(Cc2c(F)cccc2F)CC1)Nc1ccc(F)cc1. The third-order valence-corrected chi connectivity index (χ3v) is 4.40. The van der Waals surface area contributed by atoms with E-state index in [4.69, 9.17) is 0 Å². The number of hydrogen-bond donors (Lipinski definition) is 1.